The highest BCUT2D eigenvalue weighted by atomic mass is 35.5. The highest BCUT2D eigenvalue weighted by molar-refractivity contribution is 6.37. The maximum atomic E-state index is 12.8. The number of hydrogen-bond donors (Lipinski definition) is 2. The molecule has 1 amide bonds. The first kappa shape index (κ1) is 13.9. The fourth-order valence-electron chi connectivity index (χ4n) is 3.04. The number of Topliss-reactive ketones (excluding diaryl/α,β-unsaturated/α-hetero) is 1. The summed E-state index contributed by atoms with van der Waals surface area (Å²) in [5.41, 5.74) is -0.330. The Bertz CT molecular complexity index is 562. The number of halogens is 2. The fraction of sp³-hybridized carbons (Fsp3) is 0.429. The molecule has 1 atom stereocenters. The van der Waals surface area contributed by atoms with Gasteiger partial charge in [-0.3, -0.25) is 9.59 Å². The number of piperidine rings is 1. The zero-order chi connectivity index (χ0) is 14.3. The molecule has 1 spiro atoms. The minimum atomic E-state index is -0.894. The van der Waals surface area contributed by atoms with Gasteiger partial charge < -0.3 is 10.6 Å². The molecule has 106 valence electrons. The Kier molecular flexibility index (Phi) is 3.48. The van der Waals surface area contributed by atoms with Crippen LogP contribution in [-0.2, 0) is 9.59 Å². The Balaban J connectivity index is 2.03. The van der Waals surface area contributed by atoms with Crippen LogP contribution in [0.4, 0.5) is 0 Å². The second-order valence-corrected chi connectivity index (χ2v) is 6.07. The van der Waals surface area contributed by atoms with Gasteiger partial charge in [0.1, 0.15) is 11.5 Å². The first-order chi connectivity index (χ1) is 9.55. The first-order valence-corrected chi connectivity index (χ1v) is 7.32. The number of hydrogen-bond acceptors (Lipinski definition) is 3. The largest absolute Gasteiger partial charge is 0.343 e. The monoisotopic (exact) mass is 312 g/mol. The Morgan fingerprint density at radius 1 is 1.10 bits per heavy atom. The average Bonchev–Trinajstić information content (AvgIpc) is 2.64. The summed E-state index contributed by atoms with van der Waals surface area (Å²) in [6, 6.07) is 5.00. The molecule has 0 radical (unpaired) electrons. The zero-order valence-electron chi connectivity index (χ0n) is 10.7. The van der Waals surface area contributed by atoms with Crippen LogP contribution in [0.2, 0.25) is 10.0 Å². The van der Waals surface area contributed by atoms with Gasteiger partial charge in [0, 0.05) is 15.6 Å². The number of benzene rings is 1. The predicted molar refractivity (Wildman–Crippen MR) is 77.2 cm³/mol. The van der Waals surface area contributed by atoms with E-state index in [4.69, 9.17) is 23.2 Å². The third-order valence-electron chi connectivity index (χ3n) is 4.10. The fourth-order valence-corrected chi connectivity index (χ4v) is 3.65. The molecule has 0 aliphatic carbocycles. The van der Waals surface area contributed by atoms with Crippen molar-refractivity contribution in [3.05, 3.63) is 33.8 Å². The normalized spacial score (nSPS) is 25.0. The number of ketones is 1. The summed E-state index contributed by atoms with van der Waals surface area (Å²) < 4.78 is 0. The standard InChI is InChI=1S/C14H14Cl2N2O2/c15-8-2-1-3-9(16)10(8)11-12(19)14(18-13(11)20)4-6-17-7-5-14/h1-3,11,17H,4-7H2,(H,18,20). The van der Waals surface area contributed by atoms with Crippen LogP contribution >= 0.6 is 23.2 Å². The molecule has 1 aromatic carbocycles. The molecular formula is C14H14Cl2N2O2. The Labute approximate surface area is 126 Å². The van der Waals surface area contributed by atoms with Crippen LogP contribution in [-0.4, -0.2) is 30.3 Å². The summed E-state index contributed by atoms with van der Waals surface area (Å²) >= 11 is 12.3. The van der Waals surface area contributed by atoms with Crippen LogP contribution in [0, 0.1) is 0 Å². The summed E-state index contributed by atoms with van der Waals surface area (Å²) in [6.07, 6.45) is 1.21. The van der Waals surface area contributed by atoms with Crippen molar-refractivity contribution in [2.24, 2.45) is 0 Å². The quantitative estimate of drug-likeness (QED) is 0.779. The number of nitrogens with one attached hydrogen (secondary N) is 2. The van der Waals surface area contributed by atoms with E-state index in [1.165, 1.54) is 0 Å². The molecule has 2 aliphatic rings. The van der Waals surface area contributed by atoms with Crippen LogP contribution in [0.1, 0.15) is 24.3 Å². The van der Waals surface area contributed by atoms with E-state index in [2.05, 4.69) is 10.6 Å². The van der Waals surface area contributed by atoms with Gasteiger partial charge in [0.15, 0.2) is 5.78 Å². The summed E-state index contributed by atoms with van der Waals surface area (Å²) in [5, 5.41) is 6.79. The second-order valence-electron chi connectivity index (χ2n) is 5.25. The van der Waals surface area contributed by atoms with Gasteiger partial charge in [-0.25, -0.2) is 0 Å². The van der Waals surface area contributed by atoms with Crippen LogP contribution < -0.4 is 10.6 Å². The maximum Gasteiger partial charge on any atom is 0.236 e. The van der Waals surface area contributed by atoms with E-state index in [-0.39, 0.29) is 11.7 Å². The topological polar surface area (TPSA) is 58.2 Å². The molecule has 1 unspecified atom stereocenters. The molecule has 0 bridgehead atoms. The molecule has 3 rings (SSSR count). The molecule has 20 heavy (non-hydrogen) atoms. The number of rotatable bonds is 1. The van der Waals surface area contributed by atoms with Gasteiger partial charge in [-0.15, -0.1) is 0 Å². The van der Waals surface area contributed by atoms with Crippen molar-refractivity contribution in [3.63, 3.8) is 0 Å². The van der Waals surface area contributed by atoms with Crippen LogP contribution in [0.5, 0.6) is 0 Å². The van der Waals surface area contributed by atoms with E-state index >= 15 is 0 Å². The molecule has 1 aromatic rings. The van der Waals surface area contributed by atoms with E-state index in [1.54, 1.807) is 18.2 Å². The van der Waals surface area contributed by atoms with Crippen molar-refractivity contribution in [2.75, 3.05) is 13.1 Å². The van der Waals surface area contributed by atoms with Crippen molar-refractivity contribution in [1.29, 1.82) is 0 Å². The molecule has 4 nitrogen and oxygen atoms in total. The lowest BCUT2D eigenvalue weighted by Crippen LogP contribution is -2.53. The van der Waals surface area contributed by atoms with Crippen molar-refractivity contribution >= 4 is 34.9 Å². The summed E-state index contributed by atoms with van der Waals surface area (Å²) in [4.78, 5) is 25.1. The molecule has 2 saturated heterocycles. The highest BCUT2D eigenvalue weighted by Crippen LogP contribution is 2.40. The third-order valence-corrected chi connectivity index (χ3v) is 4.76. The Morgan fingerprint density at radius 2 is 1.70 bits per heavy atom. The minimum Gasteiger partial charge on any atom is -0.343 e. The molecular weight excluding hydrogens is 299 g/mol. The molecule has 2 N–H and O–H groups in total. The Morgan fingerprint density at radius 3 is 2.30 bits per heavy atom. The molecule has 6 heteroatoms. The van der Waals surface area contributed by atoms with Gasteiger partial charge in [-0.1, -0.05) is 29.3 Å². The van der Waals surface area contributed by atoms with Gasteiger partial charge in [-0.05, 0) is 38.1 Å². The smallest absolute Gasteiger partial charge is 0.236 e. The van der Waals surface area contributed by atoms with Crippen molar-refractivity contribution in [3.8, 4) is 0 Å². The van der Waals surface area contributed by atoms with E-state index in [9.17, 15) is 9.59 Å². The molecule has 0 aromatic heterocycles. The Hall–Kier alpha value is -1.10. The summed E-state index contributed by atoms with van der Waals surface area (Å²) in [5.74, 6) is -1.31. The van der Waals surface area contributed by atoms with Gasteiger partial charge in [0.2, 0.25) is 5.91 Å². The minimum absolute atomic E-state index is 0.112. The second kappa shape index (κ2) is 5.02. The zero-order valence-corrected chi connectivity index (χ0v) is 12.2. The third kappa shape index (κ3) is 2.03. The lowest BCUT2D eigenvalue weighted by molar-refractivity contribution is -0.125. The number of amides is 1. The molecule has 0 saturated carbocycles. The van der Waals surface area contributed by atoms with E-state index in [0.29, 0.717) is 28.5 Å². The SMILES string of the molecule is O=C1NC2(CCNCC2)C(=O)C1c1c(Cl)cccc1Cl. The lowest BCUT2D eigenvalue weighted by atomic mass is 9.81. The lowest BCUT2D eigenvalue weighted by Gasteiger charge is -2.32. The van der Waals surface area contributed by atoms with Crippen molar-refractivity contribution < 1.29 is 9.59 Å². The van der Waals surface area contributed by atoms with Crippen LogP contribution in [0.3, 0.4) is 0 Å². The molecule has 2 aliphatic heterocycles. The van der Waals surface area contributed by atoms with Crippen molar-refractivity contribution in [2.45, 2.75) is 24.3 Å². The summed E-state index contributed by atoms with van der Waals surface area (Å²) in [6.45, 7) is 1.43. The van der Waals surface area contributed by atoms with Gasteiger partial charge in [0.05, 0.1) is 0 Å². The average molecular weight is 313 g/mol. The van der Waals surface area contributed by atoms with Crippen molar-refractivity contribution in [1.82, 2.24) is 10.6 Å². The maximum absolute atomic E-state index is 12.8. The molecule has 2 heterocycles. The highest BCUT2D eigenvalue weighted by Gasteiger charge is 2.53. The van der Waals surface area contributed by atoms with Crippen LogP contribution in [0.25, 0.3) is 0 Å². The van der Waals surface area contributed by atoms with E-state index < -0.39 is 11.5 Å². The predicted octanol–water partition coefficient (Wildman–Crippen LogP) is 1.90. The number of carbonyl (C=O) groups is 2. The van der Waals surface area contributed by atoms with Gasteiger partial charge in [0.25, 0.3) is 0 Å². The van der Waals surface area contributed by atoms with Gasteiger partial charge in [-0.2, -0.15) is 0 Å². The van der Waals surface area contributed by atoms with E-state index in [0.717, 1.165) is 13.1 Å². The van der Waals surface area contributed by atoms with Crippen LogP contribution in [0.15, 0.2) is 18.2 Å². The van der Waals surface area contributed by atoms with E-state index in [1.807, 2.05) is 0 Å². The first-order valence-electron chi connectivity index (χ1n) is 6.56. The summed E-state index contributed by atoms with van der Waals surface area (Å²) in [7, 11) is 0. The number of carbonyl (C=O) groups excluding carboxylic acids is 2. The molecule has 2 fully saturated rings. The van der Waals surface area contributed by atoms with Gasteiger partial charge >= 0.3 is 0 Å².